The molecule has 4 heteroatoms. The zero-order valence-corrected chi connectivity index (χ0v) is 13.0. The van der Waals surface area contributed by atoms with E-state index < -0.39 is 0 Å². The topological polar surface area (TPSA) is 37.4 Å². The number of hydrogen-bond acceptors (Lipinski definition) is 2. The molecular weight excluding hydrogens is 330 g/mol. The van der Waals surface area contributed by atoms with Crippen molar-refractivity contribution in [3.8, 4) is 0 Å². The van der Waals surface area contributed by atoms with Crippen LogP contribution in [0.2, 0.25) is 0 Å². The second-order valence-electron chi connectivity index (χ2n) is 5.03. The molecule has 0 spiro atoms. The Morgan fingerprint density at radius 3 is 2.05 bits per heavy atom. The van der Waals surface area contributed by atoms with Crippen molar-refractivity contribution in [3.63, 3.8) is 0 Å². The van der Waals surface area contributed by atoms with Crippen LogP contribution in [0.5, 0.6) is 0 Å². The highest BCUT2D eigenvalue weighted by atomic mass is 79.9. The first-order valence-corrected chi connectivity index (χ1v) is 7.65. The first kappa shape index (κ1) is 14.0. The van der Waals surface area contributed by atoms with Crippen LogP contribution in [0.3, 0.4) is 0 Å². The van der Waals surface area contributed by atoms with Gasteiger partial charge in [0.2, 0.25) is 5.91 Å². The summed E-state index contributed by atoms with van der Waals surface area (Å²) >= 11 is 3.35. The molecule has 0 aliphatic carbocycles. The van der Waals surface area contributed by atoms with Crippen molar-refractivity contribution in [2.45, 2.75) is 12.8 Å². The lowest BCUT2D eigenvalue weighted by molar-refractivity contribution is -0.117. The maximum absolute atomic E-state index is 12.4. The molecule has 2 aromatic carbocycles. The van der Waals surface area contributed by atoms with E-state index in [4.69, 9.17) is 0 Å². The first-order chi connectivity index (χ1) is 10.1. The normalized spacial score (nSPS) is 14.5. The van der Waals surface area contributed by atoms with E-state index >= 15 is 0 Å². The molecule has 106 valence electrons. The summed E-state index contributed by atoms with van der Waals surface area (Å²) in [7, 11) is 0. The highest BCUT2D eigenvalue weighted by molar-refractivity contribution is 9.10. The van der Waals surface area contributed by atoms with Gasteiger partial charge in [-0.3, -0.25) is 9.59 Å². The molecule has 3 nitrogen and oxygen atoms in total. The minimum atomic E-state index is -0.0122. The summed E-state index contributed by atoms with van der Waals surface area (Å²) in [5.41, 5.74) is 2.15. The van der Waals surface area contributed by atoms with Crippen molar-refractivity contribution in [3.05, 3.63) is 64.1 Å². The van der Waals surface area contributed by atoms with Crippen molar-refractivity contribution >= 4 is 33.3 Å². The van der Waals surface area contributed by atoms with Crippen molar-refractivity contribution in [1.82, 2.24) is 0 Å². The summed E-state index contributed by atoms with van der Waals surface area (Å²) in [6.07, 6.45) is 1.51. The number of amides is 1. The van der Waals surface area contributed by atoms with Crippen LogP contribution in [-0.4, -0.2) is 18.2 Å². The van der Waals surface area contributed by atoms with Crippen molar-refractivity contribution in [2.24, 2.45) is 0 Å². The van der Waals surface area contributed by atoms with E-state index in [0.29, 0.717) is 17.5 Å². The van der Waals surface area contributed by atoms with Gasteiger partial charge in [0.25, 0.3) is 0 Å². The van der Waals surface area contributed by atoms with Crippen LogP contribution in [-0.2, 0) is 4.79 Å². The molecule has 1 aliphatic heterocycles. The van der Waals surface area contributed by atoms with Crippen LogP contribution in [0.15, 0.2) is 53.0 Å². The molecule has 0 radical (unpaired) electrons. The third kappa shape index (κ3) is 2.90. The van der Waals surface area contributed by atoms with Crippen LogP contribution < -0.4 is 4.90 Å². The van der Waals surface area contributed by atoms with Crippen LogP contribution in [0.4, 0.5) is 5.69 Å². The Morgan fingerprint density at radius 2 is 1.52 bits per heavy atom. The molecule has 0 aromatic heterocycles. The standard InChI is InChI=1S/C17H14BrNO2/c18-14-7-3-12(4-8-14)17(21)13-5-9-15(10-6-13)19-11-1-2-16(19)20/h3-10H,1-2,11H2. The van der Waals surface area contributed by atoms with E-state index in [1.165, 1.54) is 0 Å². The number of hydrogen-bond donors (Lipinski definition) is 0. The average molecular weight is 344 g/mol. The third-order valence-corrected chi connectivity index (χ3v) is 4.15. The zero-order chi connectivity index (χ0) is 14.8. The zero-order valence-electron chi connectivity index (χ0n) is 11.4. The Labute approximate surface area is 131 Å². The van der Waals surface area contributed by atoms with Gasteiger partial charge in [-0.1, -0.05) is 15.9 Å². The molecule has 1 amide bonds. The van der Waals surface area contributed by atoms with Crippen molar-refractivity contribution in [2.75, 3.05) is 11.4 Å². The van der Waals surface area contributed by atoms with Gasteiger partial charge in [0.05, 0.1) is 0 Å². The highest BCUT2D eigenvalue weighted by Gasteiger charge is 2.21. The third-order valence-electron chi connectivity index (χ3n) is 3.62. The second kappa shape index (κ2) is 5.82. The van der Waals surface area contributed by atoms with E-state index in [0.717, 1.165) is 23.1 Å². The monoisotopic (exact) mass is 343 g/mol. The molecule has 1 aliphatic rings. The molecule has 0 N–H and O–H groups in total. The van der Waals surface area contributed by atoms with E-state index in [1.807, 2.05) is 24.3 Å². The van der Waals surface area contributed by atoms with Gasteiger partial charge in [0.15, 0.2) is 5.78 Å². The molecule has 2 aromatic rings. The minimum absolute atomic E-state index is 0.0122. The second-order valence-corrected chi connectivity index (χ2v) is 5.95. The molecule has 0 atom stereocenters. The summed E-state index contributed by atoms with van der Waals surface area (Å²) in [4.78, 5) is 25.8. The highest BCUT2D eigenvalue weighted by Crippen LogP contribution is 2.22. The molecule has 0 bridgehead atoms. The smallest absolute Gasteiger partial charge is 0.227 e. The summed E-state index contributed by atoms with van der Waals surface area (Å²) in [5.74, 6) is 0.142. The Kier molecular flexibility index (Phi) is 3.88. The maximum atomic E-state index is 12.4. The lowest BCUT2D eigenvalue weighted by Crippen LogP contribution is -2.23. The van der Waals surface area contributed by atoms with Gasteiger partial charge in [-0.05, 0) is 55.0 Å². The first-order valence-electron chi connectivity index (χ1n) is 6.86. The predicted octanol–water partition coefficient (Wildman–Crippen LogP) is 3.81. The molecule has 1 heterocycles. The maximum Gasteiger partial charge on any atom is 0.227 e. The number of benzene rings is 2. The van der Waals surface area contributed by atoms with E-state index in [-0.39, 0.29) is 11.7 Å². The van der Waals surface area contributed by atoms with Crippen LogP contribution in [0, 0.1) is 0 Å². The number of ketones is 1. The van der Waals surface area contributed by atoms with Crippen molar-refractivity contribution < 1.29 is 9.59 Å². The number of anilines is 1. The molecule has 0 saturated carbocycles. The molecule has 0 unspecified atom stereocenters. The van der Waals surface area contributed by atoms with Crippen molar-refractivity contribution in [1.29, 1.82) is 0 Å². The molecule has 3 rings (SSSR count). The number of nitrogens with zero attached hydrogens (tertiary/aromatic N) is 1. The van der Waals surface area contributed by atoms with Gasteiger partial charge in [-0.15, -0.1) is 0 Å². The molecule has 21 heavy (non-hydrogen) atoms. The van der Waals surface area contributed by atoms with Gasteiger partial charge in [0, 0.05) is 34.3 Å². The summed E-state index contributed by atoms with van der Waals surface area (Å²) < 4.78 is 0.946. The molecule has 1 fully saturated rings. The SMILES string of the molecule is O=C(c1ccc(Br)cc1)c1ccc(N2CCCC2=O)cc1. The number of carbonyl (C=O) groups excluding carboxylic acids is 2. The quantitative estimate of drug-likeness (QED) is 0.794. The number of carbonyl (C=O) groups is 2. The van der Waals surface area contributed by atoms with E-state index in [1.54, 1.807) is 29.2 Å². The van der Waals surface area contributed by atoms with E-state index in [2.05, 4.69) is 15.9 Å². The largest absolute Gasteiger partial charge is 0.312 e. The van der Waals surface area contributed by atoms with Gasteiger partial charge in [-0.25, -0.2) is 0 Å². The molecule has 1 saturated heterocycles. The Balaban J connectivity index is 1.82. The van der Waals surface area contributed by atoms with Gasteiger partial charge < -0.3 is 4.90 Å². The number of halogens is 1. The fourth-order valence-electron chi connectivity index (χ4n) is 2.48. The van der Waals surface area contributed by atoms with Gasteiger partial charge in [0.1, 0.15) is 0 Å². The lowest BCUT2D eigenvalue weighted by Gasteiger charge is -2.15. The Bertz CT molecular complexity index is 677. The van der Waals surface area contributed by atoms with Crippen LogP contribution in [0.1, 0.15) is 28.8 Å². The predicted molar refractivity (Wildman–Crippen MR) is 85.6 cm³/mol. The number of rotatable bonds is 3. The lowest BCUT2D eigenvalue weighted by atomic mass is 10.0. The summed E-state index contributed by atoms with van der Waals surface area (Å²) in [6, 6.07) is 14.5. The van der Waals surface area contributed by atoms with Crippen LogP contribution >= 0.6 is 15.9 Å². The summed E-state index contributed by atoms with van der Waals surface area (Å²) in [5, 5.41) is 0. The van der Waals surface area contributed by atoms with Gasteiger partial charge >= 0.3 is 0 Å². The van der Waals surface area contributed by atoms with E-state index in [9.17, 15) is 9.59 Å². The van der Waals surface area contributed by atoms with Crippen LogP contribution in [0.25, 0.3) is 0 Å². The average Bonchev–Trinajstić information content (AvgIpc) is 2.94. The Morgan fingerprint density at radius 1 is 0.952 bits per heavy atom. The molecular formula is C17H14BrNO2. The fraction of sp³-hybridized carbons (Fsp3) is 0.176. The Hall–Kier alpha value is -1.94. The summed E-state index contributed by atoms with van der Waals surface area (Å²) in [6.45, 7) is 0.763. The minimum Gasteiger partial charge on any atom is -0.312 e. The van der Waals surface area contributed by atoms with Gasteiger partial charge in [-0.2, -0.15) is 0 Å². The fourth-order valence-corrected chi connectivity index (χ4v) is 2.75.